The number of benzene rings is 1. The molecule has 2 heterocycles. The van der Waals surface area contributed by atoms with Gasteiger partial charge in [0.05, 0.1) is 18.1 Å². The highest BCUT2D eigenvalue weighted by Gasteiger charge is 2.35. The highest BCUT2D eigenvalue weighted by Crippen LogP contribution is 2.26. The van der Waals surface area contributed by atoms with Gasteiger partial charge in [0, 0.05) is 26.2 Å². The van der Waals surface area contributed by atoms with Crippen molar-refractivity contribution in [3.05, 3.63) is 29.3 Å². The van der Waals surface area contributed by atoms with Crippen LogP contribution in [0.15, 0.2) is 34.2 Å². The van der Waals surface area contributed by atoms with E-state index in [1.807, 2.05) is 22.5 Å². The van der Waals surface area contributed by atoms with Gasteiger partial charge in [-0.2, -0.15) is 4.31 Å². The number of halogens is 1. The van der Waals surface area contributed by atoms with Crippen LogP contribution in [-0.2, 0) is 11.4 Å². The van der Waals surface area contributed by atoms with Crippen molar-refractivity contribution in [3.63, 3.8) is 0 Å². The first-order valence-electron chi connectivity index (χ1n) is 7.66. The minimum atomic E-state index is -1.30. The van der Waals surface area contributed by atoms with E-state index in [1.54, 1.807) is 6.07 Å². The number of guanidine groups is 1. The van der Waals surface area contributed by atoms with E-state index in [0.717, 1.165) is 38.7 Å². The van der Waals surface area contributed by atoms with Crippen molar-refractivity contribution in [3.8, 4) is 0 Å². The number of hydrogen-bond donors (Lipinski definition) is 0. The molecule has 5 nitrogen and oxygen atoms in total. The first-order chi connectivity index (χ1) is 10.7. The molecule has 0 amide bonds. The predicted molar refractivity (Wildman–Crippen MR) is 90.6 cm³/mol. The van der Waals surface area contributed by atoms with Gasteiger partial charge in [-0.05, 0) is 18.7 Å². The van der Waals surface area contributed by atoms with Crippen LogP contribution in [0, 0.1) is 0 Å². The summed E-state index contributed by atoms with van der Waals surface area (Å²) in [5, 5.41) is 0.544. The zero-order chi connectivity index (χ0) is 15.5. The van der Waals surface area contributed by atoms with Crippen LogP contribution in [0.2, 0.25) is 5.02 Å². The molecule has 0 radical (unpaired) electrons. The Balaban J connectivity index is 1.72. The van der Waals surface area contributed by atoms with Crippen LogP contribution in [0.5, 0.6) is 0 Å². The molecule has 22 heavy (non-hydrogen) atoms. The Morgan fingerprint density at radius 3 is 2.59 bits per heavy atom. The lowest BCUT2D eigenvalue weighted by Crippen LogP contribution is -2.53. The van der Waals surface area contributed by atoms with Gasteiger partial charge in [-0.3, -0.25) is 0 Å². The summed E-state index contributed by atoms with van der Waals surface area (Å²) in [7, 11) is 0. The Labute approximate surface area is 139 Å². The van der Waals surface area contributed by atoms with Crippen molar-refractivity contribution >= 4 is 28.9 Å². The zero-order valence-corrected chi connectivity index (χ0v) is 14.3. The van der Waals surface area contributed by atoms with Crippen LogP contribution in [0.4, 0.5) is 0 Å². The van der Waals surface area contributed by atoms with E-state index in [9.17, 15) is 4.55 Å². The van der Waals surface area contributed by atoms with Gasteiger partial charge in [-0.15, -0.1) is 0 Å². The molecule has 3 rings (SSSR count). The predicted octanol–water partition coefficient (Wildman–Crippen LogP) is 1.67. The van der Waals surface area contributed by atoms with Gasteiger partial charge in [0.15, 0.2) is 4.90 Å². The summed E-state index contributed by atoms with van der Waals surface area (Å²) in [5.41, 5.74) is 0. The molecule has 1 atom stereocenters. The third kappa shape index (κ3) is 3.20. The maximum absolute atomic E-state index is 12.9. The molecule has 1 aromatic rings. The zero-order valence-electron chi connectivity index (χ0n) is 12.7. The molecule has 1 unspecified atom stereocenters. The van der Waals surface area contributed by atoms with Crippen LogP contribution in [0.3, 0.4) is 0 Å². The van der Waals surface area contributed by atoms with E-state index in [-0.39, 0.29) is 0 Å². The van der Waals surface area contributed by atoms with Crippen LogP contribution in [-0.4, -0.2) is 70.4 Å². The van der Waals surface area contributed by atoms with Gasteiger partial charge < -0.3 is 14.4 Å². The number of hydrogen-bond acceptors (Lipinski definition) is 5. The van der Waals surface area contributed by atoms with Gasteiger partial charge in [0.1, 0.15) is 11.4 Å². The van der Waals surface area contributed by atoms with Crippen LogP contribution >= 0.6 is 11.6 Å². The van der Waals surface area contributed by atoms with Gasteiger partial charge in [0.25, 0.3) is 0 Å². The monoisotopic (exact) mass is 340 g/mol. The molecule has 1 fully saturated rings. The van der Waals surface area contributed by atoms with Gasteiger partial charge in [-0.1, -0.05) is 30.7 Å². The van der Waals surface area contributed by atoms with Gasteiger partial charge in [0.2, 0.25) is 5.96 Å². The van der Waals surface area contributed by atoms with Crippen molar-refractivity contribution in [1.29, 1.82) is 0 Å². The fourth-order valence-corrected chi connectivity index (χ4v) is 4.37. The van der Waals surface area contributed by atoms with Crippen LogP contribution in [0.25, 0.3) is 0 Å². The Morgan fingerprint density at radius 1 is 1.18 bits per heavy atom. The second kappa shape index (κ2) is 7.08. The molecule has 2 aliphatic heterocycles. The molecular formula is C15H21ClN4OS. The summed E-state index contributed by atoms with van der Waals surface area (Å²) < 4.78 is 14.8. The van der Waals surface area contributed by atoms with Crippen LogP contribution in [0.1, 0.15) is 6.92 Å². The molecule has 0 spiro atoms. The average Bonchev–Trinajstić information content (AvgIpc) is 3.04. The minimum Gasteiger partial charge on any atom is -0.588 e. The molecule has 1 saturated heterocycles. The average molecular weight is 341 g/mol. The quantitative estimate of drug-likeness (QED) is 0.785. The van der Waals surface area contributed by atoms with E-state index >= 15 is 0 Å². The van der Waals surface area contributed by atoms with E-state index in [4.69, 9.17) is 11.6 Å². The first kappa shape index (κ1) is 15.9. The topological polar surface area (TPSA) is 45.1 Å². The highest BCUT2D eigenvalue weighted by atomic mass is 35.5. The molecule has 0 aromatic heterocycles. The molecular weight excluding hydrogens is 320 g/mol. The molecule has 2 aliphatic rings. The Hall–Kier alpha value is -0.950. The first-order valence-corrected chi connectivity index (χ1v) is 9.15. The molecule has 0 N–H and O–H groups in total. The summed E-state index contributed by atoms with van der Waals surface area (Å²) >= 11 is 4.89. The Morgan fingerprint density at radius 2 is 1.91 bits per heavy atom. The lowest BCUT2D eigenvalue weighted by Gasteiger charge is -2.37. The van der Waals surface area contributed by atoms with E-state index < -0.39 is 11.4 Å². The van der Waals surface area contributed by atoms with Gasteiger partial charge >= 0.3 is 0 Å². The second-order valence-corrected chi connectivity index (χ2v) is 7.17. The van der Waals surface area contributed by atoms with Crippen LogP contribution < -0.4 is 0 Å². The molecule has 120 valence electrons. The Bertz CT molecular complexity index is 548. The van der Waals surface area contributed by atoms with E-state index in [0.29, 0.717) is 23.0 Å². The summed E-state index contributed by atoms with van der Waals surface area (Å²) in [6.45, 7) is 8.56. The second-order valence-electron chi connectivity index (χ2n) is 5.38. The fourth-order valence-electron chi connectivity index (χ4n) is 2.80. The normalized spacial score (nSPS) is 21.1. The van der Waals surface area contributed by atoms with Crippen molar-refractivity contribution in [1.82, 2.24) is 14.1 Å². The third-order valence-corrected chi connectivity index (χ3v) is 6.03. The largest absolute Gasteiger partial charge is 0.588 e. The number of rotatable bonds is 3. The summed E-state index contributed by atoms with van der Waals surface area (Å²) in [6, 6.07) is 7.32. The summed E-state index contributed by atoms with van der Waals surface area (Å²) in [6.07, 6.45) is 0. The maximum Gasteiger partial charge on any atom is 0.240 e. The minimum absolute atomic E-state index is 0.544. The summed E-state index contributed by atoms with van der Waals surface area (Å²) in [5.74, 6) is 0.856. The standard InChI is InChI=1S/C15H21ClN4OS/c1-2-18-9-11-19(12-10-18)15-17-7-8-20(15)22(21)14-6-4-3-5-13(14)16/h3-6H,2,7-12H2,1H3. The lowest BCUT2D eigenvalue weighted by atomic mass is 10.3. The molecule has 0 bridgehead atoms. The smallest absolute Gasteiger partial charge is 0.240 e. The van der Waals surface area contributed by atoms with Crippen molar-refractivity contribution < 1.29 is 4.55 Å². The Kier molecular flexibility index (Phi) is 5.13. The highest BCUT2D eigenvalue weighted by molar-refractivity contribution is 7.89. The van der Waals surface area contributed by atoms with Gasteiger partial charge in [-0.25, -0.2) is 4.99 Å². The third-order valence-electron chi connectivity index (χ3n) is 4.11. The molecule has 0 aliphatic carbocycles. The molecule has 7 heteroatoms. The number of likely N-dealkylation sites (N-methyl/N-ethyl adjacent to an activating group) is 1. The summed E-state index contributed by atoms with van der Waals surface area (Å²) in [4.78, 5) is 9.90. The lowest BCUT2D eigenvalue weighted by molar-refractivity contribution is 0.184. The number of aliphatic imine (C=N–C) groups is 1. The fraction of sp³-hybridized carbons (Fsp3) is 0.533. The SMILES string of the molecule is CCN1CCN(C2=NCCN2[S+]([O-])c2ccccc2Cl)CC1. The van der Waals surface area contributed by atoms with E-state index in [2.05, 4.69) is 21.7 Å². The molecule has 1 aromatic carbocycles. The molecule has 0 saturated carbocycles. The number of nitrogens with zero attached hydrogens (tertiary/aromatic N) is 4. The van der Waals surface area contributed by atoms with E-state index in [1.165, 1.54) is 0 Å². The number of piperazine rings is 1. The van der Waals surface area contributed by atoms with Crippen molar-refractivity contribution in [2.75, 3.05) is 45.8 Å². The van der Waals surface area contributed by atoms with Crippen molar-refractivity contribution in [2.45, 2.75) is 11.8 Å². The maximum atomic E-state index is 12.9. The van der Waals surface area contributed by atoms with Crippen molar-refractivity contribution in [2.24, 2.45) is 4.99 Å².